The number of rotatable bonds is 9. The Morgan fingerprint density at radius 1 is 1.46 bits per heavy atom. The average molecular weight is 350 g/mol. The minimum Gasteiger partial charge on any atom is -0.360 e. The van der Waals surface area contributed by atoms with Crippen LogP contribution in [0.1, 0.15) is 49.6 Å². The van der Waals surface area contributed by atoms with Crippen molar-refractivity contribution in [2.24, 2.45) is 0 Å². The zero-order chi connectivity index (χ0) is 17.5. The van der Waals surface area contributed by atoms with Crippen LogP contribution in [0.15, 0.2) is 16.0 Å². The molecular weight excluding hydrogens is 324 g/mol. The van der Waals surface area contributed by atoms with Crippen molar-refractivity contribution in [2.75, 3.05) is 12.4 Å². The fourth-order valence-corrected chi connectivity index (χ4v) is 3.27. The van der Waals surface area contributed by atoms with Gasteiger partial charge in [0.25, 0.3) is 0 Å². The van der Waals surface area contributed by atoms with Gasteiger partial charge in [-0.2, -0.15) is 0 Å². The molecule has 2 aromatic rings. The number of nitrogens with zero attached hydrogens (tertiary/aromatic N) is 3. The van der Waals surface area contributed by atoms with Gasteiger partial charge >= 0.3 is 0 Å². The molecule has 1 atom stereocenters. The third-order valence-electron chi connectivity index (χ3n) is 3.86. The zero-order valence-electron chi connectivity index (χ0n) is 14.8. The van der Waals surface area contributed by atoms with E-state index in [1.165, 1.54) is 0 Å². The second kappa shape index (κ2) is 8.94. The molecule has 0 aliphatic rings. The zero-order valence-corrected chi connectivity index (χ0v) is 15.7. The van der Waals surface area contributed by atoms with Crippen molar-refractivity contribution in [1.82, 2.24) is 15.0 Å². The van der Waals surface area contributed by atoms with Gasteiger partial charge in [-0.05, 0) is 26.8 Å². The lowest BCUT2D eigenvalue weighted by Gasteiger charge is -2.26. The summed E-state index contributed by atoms with van der Waals surface area (Å²) in [6, 6.07) is 1.51. The van der Waals surface area contributed by atoms with Crippen LogP contribution in [0.3, 0.4) is 0 Å². The molecule has 0 aliphatic heterocycles. The molecule has 0 fully saturated rings. The molecule has 2 aromatic heterocycles. The van der Waals surface area contributed by atoms with Gasteiger partial charge in [-0.25, -0.2) is 4.98 Å². The van der Waals surface area contributed by atoms with Gasteiger partial charge in [0.1, 0.15) is 5.76 Å². The van der Waals surface area contributed by atoms with Crippen molar-refractivity contribution in [3.63, 3.8) is 0 Å². The Labute approximate surface area is 147 Å². The monoisotopic (exact) mass is 350 g/mol. The van der Waals surface area contributed by atoms with Crippen molar-refractivity contribution in [3.05, 3.63) is 27.9 Å². The Hall–Kier alpha value is -1.73. The second-order valence-corrected chi connectivity index (χ2v) is 6.91. The quantitative estimate of drug-likeness (QED) is 0.748. The molecule has 0 saturated heterocycles. The maximum absolute atomic E-state index is 12.7. The van der Waals surface area contributed by atoms with E-state index < -0.39 is 0 Å². The van der Waals surface area contributed by atoms with Crippen molar-refractivity contribution in [2.45, 2.75) is 59.0 Å². The topological polar surface area (TPSA) is 71.3 Å². The summed E-state index contributed by atoms with van der Waals surface area (Å²) in [5, 5.41) is 9.90. The highest BCUT2D eigenvalue weighted by Gasteiger charge is 2.24. The number of likely N-dealkylation sites (N-methyl/N-ethyl adjacent to an activating group) is 1. The molecule has 0 bridgehead atoms. The number of nitrogens with one attached hydrogen (secondary N) is 1. The third-order valence-corrected chi connectivity index (χ3v) is 4.90. The highest BCUT2D eigenvalue weighted by Crippen LogP contribution is 2.17. The molecule has 24 heavy (non-hydrogen) atoms. The molecule has 0 aromatic carbocycles. The van der Waals surface area contributed by atoms with Gasteiger partial charge in [-0.1, -0.05) is 31.8 Å². The van der Waals surface area contributed by atoms with Gasteiger partial charge in [-0.15, -0.1) is 11.3 Å². The number of carbonyl (C=O) groups is 1. The molecule has 1 N–H and O–H groups in total. The maximum atomic E-state index is 12.7. The lowest BCUT2D eigenvalue weighted by molar-refractivity contribution is -0.121. The number of anilines is 1. The summed E-state index contributed by atoms with van der Waals surface area (Å²) in [7, 11) is 1.97. The van der Waals surface area contributed by atoms with Crippen molar-refractivity contribution in [3.8, 4) is 0 Å². The van der Waals surface area contributed by atoms with Crippen LogP contribution >= 0.6 is 11.3 Å². The summed E-state index contributed by atoms with van der Waals surface area (Å²) in [4.78, 5) is 19.3. The number of hydrogen-bond donors (Lipinski definition) is 1. The first-order chi connectivity index (χ1) is 11.5. The Bertz CT molecular complexity index is 653. The first-order valence-corrected chi connectivity index (χ1v) is 9.29. The summed E-state index contributed by atoms with van der Waals surface area (Å²) in [6.07, 6.45) is 3.80. The van der Waals surface area contributed by atoms with Gasteiger partial charge < -0.3 is 9.84 Å². The molecule has 0 aliphatic carbocycles. The number of aromatic nitrogens is 2. The normalized spacial score (nSPS) is 12.5. The van der Waals surface area contributed by atoms with Crippen LogP contribution in [0.2, 0.25) is 0 Å². The summed E-state index contributed by atoms with van der Waals surface area (Å²) in [5.41, 5.74) is 1.02. The van der Waals surface area contributed by atoms with Gasteiger partial charge in [0, 0.05) is 18.0 Å². The van der Waals surface area contributed by atoms with Crippen molar-refractivity contribution < 1.29 is 9.32 Å². The average Bonchev–Trinajstić information content (AvgIpc) is 3.16. The molecule has 6 nitrogen and oxygen atoms in total. The molecule has 0 radical (unpaired) electrons. The van der Waals surface area contributed by atoms with E-state index in [0.29, 0.717) is 18.1 Å². The number of hydrogen-bond acceptors (Lipinski definition) is 6. The molecular formula is C17H26N4O2S. The smallest absolute Gasteiger partial charge is 0.242 e. The molecule has 0 spiro atoms. The van der Waals surface area contributed by atoms with Crippen LogP contribution in [0, 0.1) is 6.92 Å². The van der Waals surface area contributed by atoms with E-state index in [1.54, 1.807) is 24.3 Å². The Kier molecular flexibility index (Phi) is 6.93. The Morgan fingerprint density at radius 2 is 2.25 bits per heavy atom. The second-order valence-electron chi connectivity index (χ2n) is 5.97. The van der Waals surface area contributed by atoms with E-state index in [-0.39, 0.29) is 11.9 Å². The molecule has 2 rings (SSSR count). The summed E-state index contributed by atoms with van der Waals surface area (Å²) in [6.45, 7) is 6.70. The Balaban J connectivity index is 2.03. The number of thiazole rings is 1. The third kappa shape index (κ3) is 5.14. The lowest BCUT2D eigenvalue weighted by atomic mass is 10.1. The standard InChI is InChI=1S/C17H26N4O2S/c1-5-7-8-14(17(22)19-15-9-12(3)23-20-15)21(4)10-13-11-24-16(6-2)18-13/h9,11,14H,5-8,10H2,1-4H3,(H,19,20,22). The van der Waals surface area contributed by atoms with Crippen molar-refractivity contribution in [1.29, 1.82) is 0 Å². The molecule has 1 unspecified atom stereocenters. The number of carbonyl (C=O) groups excluding carboxylic acids is 1. The fourth-order valence-electron chi connectivity index (χ4n) is 2.53. The summed E-state index contributed by atoms with van der Waals surface area (Å²) in [5.74, 6) is 1.10. The first kappa shape index (κ1) is 18.6. The fraction of sp³-hybridized carbons (Fsp3) is 0.588. The predicted molar refractivity (Wildman–Crippen MR) is 96.1 cm³/mol. The van der Waals surface area contributed by atoms with E-state index in [0.717, 1.165) is 36.4 Å². The lowest BCUT2D eigenvalue weighted by Crippen LogP contribution is -2.41. The van der Waals surface area contributed by atoms with Gasteiger partial charge in [0.05, 0.1) is 16.7 Å². The van der Waals surface area contributed by atoms with E-state index >= 15 is 0 Å². The Morgan fingerprint density at radius 3 is 2.83 bits per heavy atom. The minimum absolute atomic E-state index is 0.0507. The van der Waals surface area contributed by atoms with E-state index in [2.05, 4.69) is 39.6 Å². The van der Waals surface area contributed by atoms with Crippen LogP contribution < -0.4 is 5.32 Å². The number of unbranched alkanes of at least 4 members (excludes halogenated alkanes) is 1. The van der Waals surface area contributed by atoms with Crippen LogP contribution in [-0.4, -0.2) is 34.0 Å². The summed E-state index contributed by atoms with van der Waals surface area (Å²) < 4.78 is 5.01. The van der Waals surface area contributed by atoms with Crippen LogP contribution in [0.25, 0.3) is 0 Å². The molecule has 2 heterocycles. The minimum atomic E-state index is -0.214. The maximum Gasteiger partial charge on any atom is 0.242 e. The molecule has 0 saturated carbocycles. The van der Waals surface area contributed by atoms with Crippen LogP contribution in [0.4, 0.5) is 5.82 Å². The van der Waals surface area contributed by atoms with Gasteiger partial charge in [-0.3, -0.25) is 9.69 Å². The van der Waals surface area contributed by atoms with E-state index in [1.807, 2.05) is 7.05 Å². The van der Waals surface area contributed by atoms with Gasteiger partial charge in [0.2, 0.25) is 5.91 Å². The number of aryl methyl sites for hydroxylation is 2. The van der Waals surface area contributed by atoms with Crippen LogP contribution in [-0.2, 0) is 17.8 Å². The summed E-state index contributed by atoms with van der Waals surface area (Å²) >= 11 is 1.67. The first-order valence-electron chi connectivity index (χ1n) is 8.41. The molecule has 132 valence electrons. The van der Waals surface area contributed by atoms with E-state index in [4.69, 9.17) is 4.52 Å². The van der Waals surface area contributed by atoms with Gasteiger partial charge in [0.15, 0.2) is 5.82 Å². The molecule has 7 heteroatoms. The SMILES string of the molecule is CCCCC(C(=O)Nc1cc(C)on1)N(C)Cc1csc(CC)n1. The molecule has 1 amide bonds. The number of amides is 1. The largest absolute Gasteiger partial charge is 0.360 e. The van der Waals surface area contributed by atoms with E-state index in [9.17, 15) is 4.79 Å². The van der Waals surface area contributed by atoms with Crippen LogP contribution in [0.5, 0.6) is 0 Å². The highest BCUT2D eigenvalue weighted by molar-refractivity contribution is 7.09. The van der Waals surface area contributed by atoms with Crippen molar-refractivity contribution >= 4 is 23.1 Å². The predicted octanol–water partition coefficient (Wildman–Crippen LogP) is 3.63. The highest BCUT2D eigenvalue weighted by atomic mass is 32.1.